The average molecular weight is 316 g/mol. The lowest BCUT2D eigenvalue weighted by Gasteiger charge is -2.28. The van der Waals surface area contributed by atoms with E-state index in [0.717, 1.165) is 62.3 Å². The molecule has 1 aliphatic carbocycles. The van der Waals surface area contributed by atoms with Gasteiger partial charge in [-0.25, -0.2) is 0 Å². The largest absolute Gasteiger partial charge is 0.493 e. The van der Waals surface area contributed by atoms with Crippen LogP contribution in [-0.4, -0.2) is 51.2 Å². The summed E-state index contributed by atoms with van der Waals surface area (Å²) in [5.74, 6) is 1.63. The van der Waals surface area contributed by atoms with Crippen molar-refractivity contribution in [3.05, 3.63) is 28.8 Å². The summed E-state index contributed by atoms with van der Waals surface area (Å²) in [6.07, 6.45) is 4.79. The van der Waals surface area contributed by atoms with Crippen molar-refractivity contribution in [2.75, 3.05) is 40.4 Å². The van der Waals surface area contributed by atoms with Gasteiger partial charge in [0.05, 0.1) is 14.2 Å². The van der Waals surface area contributed by atoms with Crippen molar-refractivity contribution in [3.8, 4) is 11.5 Å². The summed E-state index contributed by atoms with van der Waals surface area (Å²) in [6.45, 7) is 3.32. The molecule has 1 aliphatic heterocycles. The van der Waals surface area contributed by atoms with Crippen LogP contribution in [0, 0.1) is 0 Å². The molecule has 1 aromatic carbocycles. The zero-order chi connectivity index (χ0) is 16.2. The predicted octanol–water partition coefficient (Wildman–Crippen LogP) is 1.86. The molecule has 1 fully saturated rings. The van der Waals surface area contributed by atoms with E-state index < -0.39 is 0 Å². The highest BCUT2D eigenvalue weighted by Gasteiger charge is 2.22. The number of hydrogen-bond donors (Lipinski definition) is 1. The van der Waals surface area contributed by atoms with Gasteiger partial charge in [0.1, 0.15) is 0 Å². The quantitative estimate of drug-likeness (QED) is 0.925. The minimum Gasteiger partial charge on any atom is -0.493 e. The molecule has 0 spiro atoms. The van der Waals surface area contributed by atoms with E-state index in [-0.39, 0.29) is 5.91 Å². The first-order valence-electron chi connectivity index (χ1n) is 8.18. The van der Waals surface area contributed by atoms with E-state index in [9.17, 15) is 4.79 Å². The van der Waals surface area contributed by atoms with Crippen LogP contribution < -0.4 is 14.8 Å². The van der Waals surface area contributed by atoms with Crippen LogP contribution in [0.3, 0.4) is 0 Å². The monoisotopic (exact) mass is 316 g/mol. The molecule has 1 heterocycles. The predicted molar refractivity (Wildman–Crippen MR) is 89.9 cm³/mol. The number of methoxy groups -OCH3 is 2. The van der Waals surface area contributed by atoms with E-state index in [1.54, 1.807) is 14.2 Å². The summed E-state index contributed by atoms with van der Waals surface area (Å²) in [6, 6.07) is 4.01. The van der Waals surface area contributed by atoms with Gasteiger partial charge >= 0.3 is 0 Å². The average Bonchev–Trinajstić information content (AvgIpc) is 2.82. The lowest BCUT2D eigenvalue weighted by Crippen LogP contribution is -2.46. The molecular weight excluding hydrogens is 292 g/mol. The molecule has 5 nitrogen and oxygen atoms in total. The summed E-state index contributed by atoms with van der Waals surface area (Å²) in [5.41, 5.74) is 3.18. The zero-order valence-electron chi connectivity index (χ0n) is 13.9. The van der Waals surface area contributed by atoms with Crippen LogP contribution in [0.25, 0.3) is 6.08 Å². The van der Waals surface area contributed by atoms with Crippen molar-refractivity contribution in [3.63, 3.8) is 0 Å². The Labute approximate surface area is 137 Å². The fourth-order valence-corrected chi connectivity index (χ4v) is 3.26. The topological polar surface area (TPSA) is 50.8 Å². The molecule has 124 valence electrons. The molecule has 1 N–H and O–H groups in total. The van der Waals surface area contributed by atoms with Gasteiger partial charge in [0.15, 0.2) is 11.5 Å². The molecule has 1 amide bonds. The third kappa shape index (κ3) is 3.34. The maximum Gasteiger partial charge on any atom is 0.249 e. The lowest BCUT2D eigenvalue weighted by molar-refractivity contribution is -0.127. The minimum atomic E-state index is 0.175. The Hall–Kier alpha value is -2.01. The Bertz CT molecular complexity index is 619. The summed E-state index contributed by atoms with van der Waals surface area (Å²) < 4.78 is 10.8. The molecule has 0 unspecified atom stereocenters. The van der Waals surface area contributed by atoms with Crippen molar-refractivity contribution in [2.45, 2.75) is 19.3 Å². The van der Waals surface area contributed by atoms with E-state index in [1.807, 2.05) is 23.1 Å². The molecule has 23 heavy (non-hydrogen) atoms. The third-order valence-corrected chi connectivity index (χ3v) is 4.55. The number of fused-ring (bicyclic) bond motifs is 1. The van der Waals surface area contributed by atoms with Crippen molar-refractivity contribution in [1.29, 1.82) is 0 Å². The fraction of sp³-hybridized carbons (Fsp3) is 0.500. The highest BCUT2D eigenvalue weighted by Crippen LogP contribution is 2.34. The van der Waals surface area contributed by atoms with Crippen molar-refractivity contribution in [2.24, 2.45) is 0 Å². The molecule has 0 aromatic heterocycles. The fourth-order valence-electron chi connectivity index (χ4n) is 3.26. The van der Waals surface area contributed by atoms with E-state index in [2.05, 4.69) is 5.32 Å². The Morgan fingerprint density at radius 3 is 2.48 bits per heavy atom. The van der Waals surface area contributed by atoms with Crippen LogP contribution in [0.4, 0.5) is 0 Å². The van der Waals surface area contributed by atoms with E-state index in [4.69, 9.17) is 9.47 Å². The van der Waals surface area contributed by atoms with Crippen molar-refractivity contribution < 1.29 is 14.3 Å². The third-order valence-electron chi connectivity index (χ3n) is 4.55. The second-order valence-electron chi connectivity index (χ2n) is 5.97. The van der Waals surface area contributed by atoms with E-state index in [1.165, 1.54) is 5.56 Å². The number of aryl methyl sites for hydroxylation is 1. The van der Waals surface area contributed by atoms with Crippen LogP contribution in [0.2, 0.25) is 0 Å². The Balaban J connectivity index is 1.91. The first-order valence-corrected chi connectivity index (χ1v) is 8.18. The summed E-state index contributed by atoms with van der Waals surface area (Å²) in [4.78, 5) is 14.7. The SMILES string of the molecule is COc1cc2c(cc1OC)CCCC(C(=O)N1CCNCC1)=C2. The zero-order valence-corrected chi connectivity index (χ0v) is 13.9. The van der Waals surface area contributed by atoms with Crippen LogP contribution in [0.5, 0.6) is 11.5 Å². The molecule has 0 saturated carbocycles. The number of amides is 1. The lowest BCUT2D eigenvalue weighted by atomic mass is 10.0. The standard InChI is InChI=1S/C18H24N2O3/c1-22-16-11-13-4-3-5-14(10-15(13)12-17(16)23-2)18(21)20-8-6-19-7-9-20/h10-12,19H,3-9H2,1-2H3. The number of carbonyl (C=O) groups is 1. The van der Waals surface area contributed by atoms with Crippen LogP contribution in [0.1, 0.15) is 24.0 Å². The highest BCUT2D eigenvalue weighted by atomic mass is 16.5. The van der Waals surface area contributed by atoms with Gasteiger partial charge in [-0.3, -0.25) is 4.79 Å². The first-order chi connectivity index (χ1) is 11.2. The highest BCUT2D eigenvalue weighted by molar-refractivity contribution is 5.98. The second kappa shape index (κ2) is 7.04. The molecular formula is C18H24N2O3. The van der Waals surface area contributed by atoms with Gasteiger partial charge in [-0.1, -0.05) is 0 Å². The van der Waals surface area contributed by atoms with Gasteiger partial charge in [0.2, 0.25) is 5.91 Å². The Morgan fingerprint density at radius 1 is 1.09 bits per heavy atom. The maximum absolute atomic E-state index is 12.8. The molecule has 2 aliphatic rings. The number of nitrogens with zero attached hydrogens (tertiary/aromatic N) is 1. The molecule has 3 rings (SSSR count). The van der Waals surface area contributed by atoms with Crippen molar-refractivity contribution >= 4 is 12.0 Å². The number of ether oxygens (including phenoxy) is 2. The number of piperazine rings is 1. The number of benzene rings is 1. The summed E-state index contributed by atoms with van der Waals surface area (Å²) >= 11 is 0. The molecule has 0 atom stereocenters. The number of hydrogen-bond acceptors (Lipinski definition) is 4. The Kier molecular flexibility index (Phi) is 4.86. The van der Waals surface area contributed by atoms with Gasteiger partial charge in [-0.2, -0.15) is 0 Å². The molecule has 5 heteroatoms. The number of rotatable bonds is 3. The van der Waals surface area contributed by atoms with E-state index in [0.29, 0.717) is 5.75 Å². The molecule has 0 bridgehead atoms. The molecule has 0 radical (unpaired) electrons. The molecule has 1 aromatic rings. The normalized spacial score (nSPS) is 17.8. The smallest absolute Gasteiger partial charge is 0.249 e. The number of carbonyl (C=O) groups excluding carboxylic acids is 1. The van der Waals surface area contributed by atoms with Gasteiger partial charge in [0.25, 0.3) is 0 Å². The second-order valence-corrected chi connectivity index (χ2v) is 5.97. The number of nitrogens with one attached hydrogen (secondary N) is 1. The molecule has 1 saturated heterocycles. The maximum atomic E-state index is 12.8. The van der Waals surface area contributed by atoms with E-state index >= 15 is 0 Å². The van der Waals surface area contributed by atoms with Gasteiger partial charge in [-0.15, -0.1) is 0 Å². The minimum absolute atomic E-state index is 0.175. The van der Waals surface area contributed by atoms with Crippen LogP contribution in [-0.2, 0) is 11.2 Å². The van der Waals surface area contributed by atoms with Crippen molar-refractivity contribution in [1.82, 2.24) is 10.2 Å². The summed E-state index contributed by atoms with van der Waals surface area (Å²) in [7, 11) is 3.29. The van der Waals surface area contributed by atoms with Crippen LogP contribution in [0.15, 0.2) is 17.7 Å². The Morgan fingerprint density at radius 2 is 1.78 bits per heavy atom. The van der Waals surface area contributed by atoms with Gasteiger partial charge in [-0.05, 0) is 48.6 Å². The summed E-state index contributed by atoms with van der Waals surface area (Å²) in [5, 5.41) is 3.28. The van der Waals surface area contributed by atoms with Crippen LogP contribution >= 0.6 is 0 Å². The first kappa shape index (κ1) is 15.9. The van der Waals surface area contributed by atoms with Gasteiger partial charge in [0, 0.05) is 31.8 Å². The van der Waals surface area contributed by atoms with Gasteiger partial charge < -0.3 is 19.7 Å².